The molecular formula is C10H11ClN4O6. The highest BCUT2D eigenvalue weighted by Crippen LogP contribution is 2.23. The second-order valence-electron chi connectivity index (χ2n) is 3.63. The zero-order chi connectivity index (χ0) is 16.0. The van der Waals surface area contributed by atoms with Gasteiger partial charge < -0.3 is 14.8 Å². The lowest BCUT2D eigenvalue weighted by Crippen LogP contribution is -2.34. The van der Waals surface area contributed by atoms with Gasteiger partial charge in [-0.2, -0.15) is 4.98 Å². The summed E-state index contributed by atoms with van der Waals surface area (Å²) in [6.45, 7) is 0. The Bertz CT molecular complexity index is 566. The van der Waals surface area contributed by atoms with Gasteiger partial charge >= 0.3 is 17.6 Å². The second-order valence-corrected chi connectivity index (χ2v) is 3.97. The number of nitrogens with one attached hydrogen (secondary N) is 1. The molecule has 1 unspecified atom stereocenters. The number of halogens is 1. The summed E-state index contributed by atoms with van der Waals surface area (Å²) >= 11 is 5.56. The van der Waals surface area contributed by atoms with Crippen molar-refractivity contribution in [1.82, 2.24) is 9.97 Å². The molecule has 1 N–H and O–H groups in total. The first-order valence-electron chi connectivity index (χ1n) is 5.47. The molecule has 1 aromatic heterocycles. The Kier molecular flexibility index (Phi) is 5.79. The topological polar surface area (TPSA) is 134 Å². The maximum absolute atomic E-state index is 11.6. The number of ether oxygens (including phenoxy) is 2. The van der Waals surface area contributed by atoms with Crippen molar-refractivity contribution in [3.05, 3.63) is 21.6 Å². The third-order valence-corrected chi connectivity index (χ3v) is 2.51. The molecule has 0 fully saturated rings. The van der Waals surface area contributed by atoms with Gasteiger partial charge in [-0.1, -0.05) is 0 Å². The van der Waals surface area contributed by atoms with Crippen LogP contribution in [0.4, 0.5) is 11.5 Å². The molecule has 0 saturated carbocycles. The number of hydrogen-bond acceptors (Lipinski definition) is 9. The molecule has 0 amide bonds. The maximum atomic E-state index is 11.6. The van der Waals surface area contributed by atoms with Crippen molar-refractivity contribution >= 4 is 35.0 Å². The quantitative estimate of drug-likeness (QED) is 0.345. The van der Waals surface area contributed by atoms with Crippen LogP contribution in [0.15, 0.2) is 6.20 Å². The van der Waals surface area contributed by atoms with E-state index < -0.39 is 35.0 Å². The Labute approximate surface area is 123 Å². The molecular weight excluding hydrogens is 308 g/mol. The van der Waals surface area contributed by atoms with E-state index in [0.717, 1.165) is 20.4 Å². The summed E-state index contributed by atoms with van der Waals surface area (Å²) in [5, 5.41) is 13.0. The fourth-order valence-electron chi connectivity index (χ4n) is 1.34. The Morgan fingerprint density at radius 1 is 1.48 bits per heavy atom. The van der Waals surface area contributed by atoms with E-state index in [1.165, 1.54) is 0 Å². The third kappa shape index (κ3) is 4.53. The fourth-order valence-corrected chi connectivity index (χ4v) is 1.48. The van der Waals surface area contributed by atoms with Gasteiger partial charge in [-0.25, -0.2) is 9.78 Å². The van der Waals surface area contributed by atoms with Crippen molar-refractivity contribution in [2.45, 2.75) is 12.5 Å². The van der Waals surface area contributed by atoms with Crippen LogP contribution in [0.5, 0.6) is 0 Å². The highest BCUT2D eigenvalue weighted by Gasteiger charge is 2.27. The van der Waals surface area contributed by atoms with Gasteiger partial charge in [0.25, 0.3) is 0 Å². The van der Waals surface area contributed by atoms with Crippen molar-refractivity contribution in [3.63, 3.8) is 0 Å². The molecule has 1 rings (SSSR count). The van der Waals surface area contributed by atoms with Gasteiger partial charge in [0.15, 0.2) is 0 Å². The van der Waals surface area contributed by atoms with Crippen LogP contribution in [0.1, 0.15) is 6.42 Å². The lowest BCUT2D eigenvalue weighted by molar-refractivity contribution is -0.384. The highest BCUT2D eigenvalue weighted by molar-refractivity contribution is 6.28. The Morgan fingerprint density at radius 2 is 2.14 bits per heavy atom. The lowest BCUT2D eigenvalue weighted by Gasteiger charge is -2.15. The molecule has 11 heteroatoms. The molecule has 0 bridgehead atoms. The molecule has 0 spiro atoms. The Morgan fingerprint density at radius 3 is 2.67 bits per heavy atom. The van der Waals surface area contributed by atoms with Crippen LogP contribution in [-0.2, 0) is 19.1 Å². The zero-order valence-corrected chi connectivity index (χ0v) is 11.8. The fraction of sp³-hybridized carbons (Fsp3) is 0.400. The van der Waals surface area contributed by atoms with Gasteiger partial charge in [-0.05, 0) is 11.6 Å². The Hall–Kier alpha value is -2.49. The summed E-state index contributed by atoms with van der Waals surface area (Å²) < 4.78 is 8.94. The summed E-state index contributed by atoms with van der Waals surface area (Å²) in [6.07, 6.45) is 0.478. The average Bonchev–Trinajstić information content (AvgIpc) is 2.45. The van der Waals surface area contributed by atoms with Crippen molar-refractivity contribution in [3.8, 4) is 0 Å². The normalized spacial score (nSPS) is 11.4. The van der Waals surface area contributed by atoms with Crippen molar-refractivity contribution in [2.24, 2.45) is 0 Å². The van der Waals surface area contributed by atoms with Crippen molar-refractivity contribution in [2.75, 3.05) is 19.5 Å². The van der Waals surface area contributed by atoms with Crippen LogP contribution in [0.25, 0.3) is 0 Å². The van der Waals surface area contributed by atoms with E-state index in [-0.39, 0.29) is 11.1 Å². The first kappa shape index (κ1) is 16.6. The minimum absolute atomic E-state index is 0.259. The standard InChI is InChI=1S/C10H11ClN4O6/c1-20-7(16)3-5(9(17)21-2)13-8-6(15(18)19)4-12-10(11)14-8/h4-5H,3H2,1-2H3,(H,12,13,14). The molecule has 1 atom stereocenters. The summed E-state index contributed by atoms with van der Waals surface area (Å²) in [6, 6.07) is -1.22. The van der Waals surface area contributed by atoms with Crippen LogP contribution < -0.4 is 5.32 Å². The van der Waals surface area contributed by atoms with Gasteiger partial charge in [0.2, 0.25) is 11.1 Å². The van der Waals surface area contributed by atoms with Crippen LogP contribution in [0.2, 0.25) is 5.28 Å². The summed E-state index contributed by atoms with van der Waals surface area (Å²) in [5.74, 6) is -1.83. The monoisotopic (exact) mass is 318 g/mol. The van der Waals surface area contributed by atoms with Crippen LogP contribution in [0.3, 0.4) is 0 Å². The number of nitrogens with zero attached hydrogens (tertiary/aromatic N) is 3. The van der Waals surface area contributed by atoms with E-state index in [9.17, 15) is 19.7 Å². The van der Waals surface area contributed by atoms with E-state index in [4.69, 9.17) is 11.6 Å². The number of rotatable bonds is 6. The molecule has 21 heavy (non-hydrogen) atoms. The van der Waals surface area contributed by atoms with Gasteiger partial charge in [-0.3, -0.25) is 14.9 Å². The SMILES string of the molecule is COC(=O)CC(Nc1nc(Cl)ncc1[N+](=O)[O-])C(=O)OC. The predicted molar refractivity (Wildman–Crippen MR) is 69.8 cm³/mol. The first-order chi connectivity index (χ1) is 9.88. The Balaban J connectivity index is 3.07. The van der Waals surface area contributed by atoms with E-state index >= 15 is 0 Å². The first-order valence-corrected chi connectivity index (χ1v) is 5.85. The molecule has 0 radical (unpaired) electrons. The lowest BCUT2D eigenvalue weighted by atomic mass is 10.2. The summed E-state index contributed by atoms with van der Waals surface area (Å²) in [5.41, 5.74) is -0.502. The minimum atomic E-state index is -1.22. The second kappa shape index (κ2) is 7.33. The third-order valence-electron chi connectivity index (χ3n) is 2.33. The van der Waals surface area contributed by atoms with Crippen LogP contribution in [0, 0.1) is 10.1 Å². The number of esters is 2. The average molecular weight is 319 g/mol. The van der Waals surface area contributed by atoms with E-state index in [2.05, 4.69) is 24.8 Å². The van der Waals surface area contributed by atoms with Gasteiger partial charge in [0, 0.05) is 0 Å². The van der Waals surface area contributed by atoms with E-state index in [0.29, 0.717) is 0 Å². The number of carbonyl (C=O) groups is 2. The van der Waals surface area contributed by atoms with Crippen molar-refractivity contribution in [1.29, 1.82) is 0 Å². The summed E-state index contributed by atoms with van der Waals surface area (Å²) in [4.78, 5) is 40.1. The van der Waals surface area contributed by atoms with Gasteiger partial charge in [-0.15, -0.1) is 0 Å². The molecule has 1 heterocycles. The molecule has 0 aliphatic carbocycles. The number of aromatic nitrogens is 2. The largest absolute Gasteiger partial charge is 0.469 e. The van der Waals surface area contributed by atoms with Crippen LogP contribution >= 0.6 is 11.6 Å². The molecule has 0 saturated heterocycles. The molecule has 0 aliphatic heterocycles. The molecule has 0 aromatic carbocycles. The minimum Gasteiger partial charge on any atom is -0.469 e. The number of carbonyl (C=O) groups excluding carboxylic acids is 2. The predicted octanol–water partition coefficient (Wildman–Crippen LogP) is 0.555. The maximum Gasteiger partial charge on any atom is 0.329 e. The molecule has 114 valence electrons. The van der Waals surface area contributed by atoms with Gasteiger partial charge in [0.1, 0.15) is 12.2 Å². The number of anilines is 1. The smallest absolute Gasteiger partial charge is 0.329 e. The van der Waals surface area contributed by atoms with Crippen molar-refractivity contribution < 1.29 is 24.0 Å². The number of nitro groups is 1. The summed E-state index contributed by atoms with van der Waals surface area (Å²) in [7, 11) is 2.25. The molecule has 1 aromatic rings. The van der Waals surface area contributed by atoms with Gasteiger partial charge in [0.05, 0.1) is 25.6 Å². The molecule has 0 aliphatic rings. The highest BCUT2D eigenvalue weighted by atomic mass is 35.5. The number of hydrogen-bond donors (Lipinski definition) is 1. The molecule has 10 nitrogen and oxygen atoms in total. The van der Waals surface area contributed by atoms with Crippen LogP contribution in [-0.4, -0.2) is 47.1 Å². The number of methoxy groups -OCH3 is 2. The van der Waals surface area contributed by atoms with E-state index in [1.807, 2.05) is 0 Å². The van der Waals surface area contributed by atoms with E-state index in [1.54, 1.807) is 0 Å². The zero-order valence-electron chi connectivity index (χ0n) is 11.0.